The topological polar surface area (TPSA) is 45.4 Å². The van der Waals surface area contributed by atoms with E-state index in [-0.39, 0.29) is 5.41 Å². The van der Waals surface area contributed by atoms with Gasteiger partial charge in [-0.25, -0.2) is 4.98 Å². The van der Waals surface area contributed by atoms with Crippen LogP contribution in [0.4, 0.5) is 5.13 Å². The molecule has 0 aromatic carbocycles. The van der Waals surface area contributed by atoms with E-state index >= 15 is 0 Å². The van der Waals surface area contributed by atoms with Crippen molar-refractivity contribution in [3.05, 3.63) is 10.6 Å². The first-order chi connectivity index (χ1) is 9.49. The smallest absolute Gasteiger partial charge is 0.185 e. The maximum Gasteiger partial charge on any atom is 0.185 e. The molecule has 0 atom stereocenters. The van der Waals surface area contributed by atoms with Gasteiger partial charge in [0.1, 0.15) is 0 Å². The van der Waals surface area contributed by atoms with Crippen molar-refractivity contribution >= 4 is 16.5 Å². The quantitative estimate of drug-likeness (QED) is 0.928. The molecule has 20 heavy (non-hydrogen) atoms. The Morgan fingerprint density at radius 2 is 1.85 bits per heavy atom. The summed E-state index contributed by atoms with van der Waals surface area (Å²) in [6.07, 6.45) is 2.81. The van der Waals surface area contributed by atoms with Gasteiger partial charge in [-0.05, 0) is 12.8 Å². The summed E-state index contributed by atoms with van der Waals surface area (Å²) in [4.78, 5) is 11.2. The Balaban J connectivity index is 1.72. The first-order valence-corrected chi connectivity index (χ1v) is 8.50. The van der Waals surface area contributed by atoms with Crippen LogP contribution in [0.15, 0.2) is 0 Å². The third kappa shape index (κ3) is 2.85. The second-order valence-electron chi connectivity index (χ2n) is 6.98. The Morgan fingerprint density at radius 3 is 2.30 bits per heavy atom. The van der Waals surface area contributed by atoms with E-state index in [4.69, 9.17) is 10.7 Å². The third-order valence-electron chi connectivity index (χ3n) is 4.23. The standard InChI is InChI=1S/C15H26N4S/c1-15(2,3)13-12(10-16)20-14(17-13)19-8-6-18(7-9-19)11-4-5-11/h11H,4-10,16H2,1-3H3. The molecule has 0 spiro atoms. The lowest BCUT2D eigenvalue weighted by atomic mass is 9.91. The number of piperazine rings is 1. The van der Waals surface area contributed by atoms with E-state index < -0.39 is 0 Å². The van der Waals surface area contributed by atoms with Gasteiger partial charge in [0, 0.05) is 49.1 Å². The minimum absolute atomic E-state index is 0.0826. The summed E-state index contributed by atoms with van der Waals surface area (Å²) in [7, 11) is 0. The molecule has 112 valence electrons. The fraction of sp³-hybridized carbons (Fsp3) is 0.800. The lowest BCUT2D eigenvalue weighted by Crippen LogP contribution is -2.47. The summed E-state index contributed by atoms with van der Waals surface area (Å²) in [6, 6.07) is 0.887. The van der Waals surface area contributed by atoms with Crippen LogP contribution < -0.4 is 10.6 Å². The van der Waals surface area contributed by atoms with Crippen LogP contribution in [-0.4, -0.2) is 42.1 Å². The van der Waals surface area contributed by atoms with Crippen LogP contribution in [-0.2, 0) is 12.0 Å². The molecular formula is C15H26N4S. The monoisotopic (exact) mass is 294 g/mol. The highest BCUT2D eigenvalue weighted by molar-refractivity contribution is 7.15. The Labute approximate surface area is 126 Å². The number of rotatable bonds is 3. The average Bonchev–Trinajstić information content (AvgIpc) is 3.16. The third-order valence-corrected chi connectivity index (χ3v) is 5.37. The summed E-state index contributed by atoms with van der Waals surface area (Å²) in [6.45, 7) is 11.9. The van der Waals surface area contributed by atoms with Gasteiger partial charge in [0.2, 0.25) is 0 Å². The van der Waals surface area contributed by atoms with Crippen LogP contribution in [0.1, 0.15) is 44.2 Å². The van der Waals surface area contributed by atoms with Crippen LogP contribution in [0.3, 0.4) is 0 Å². The number of thiazole rings is 1. The van der Waals surface area contributed by atoms with Crippen molar-refractivity contribution in [3.63, 3.8) is 0 Å². The van der Waals surface area contributed by atoms with Gasteiger partial charge in [-0.1, -0.05) is 20.8 Å². The molecule has 1 aromatic heterocycles. The second kappa shape index (κ2) is 5.28. The largest absolute Gasteiger partial charge is 0.346 e. The zero-order valence-electron chi connectivity index (χ0n) is 12.9. The molecule has 1 aromatic rings. The highest BCUT2D eigenvalue weighted by Crippen LogP contribution is 2.35. The molecule has 0 radical (unpaired) electrons. The molecule has 2 heterocycles. The van der Waals surface area contributed by atoms with E-state index in [9.17, 15) is 0 Å². The first kappa shape index (κ1) is 14.3. The average molecular weight is 294 g/mol. The van der Waals surface area contributed by atoms with Crippen LogP contribution in [0, 0.1) is 0 Å². The summed E-state index contributed by atoms with van der Waals surface area (Å²) in [5.74, 6) is 0. The van der Waals surface area contributed by atoms with E-state index in [1.54, 1.807) is 11.3 Å². The Bertz CT molecular complexity index is 465. The predicted octanol–water partition coefficient (Wildman–Crippen LogP) is 2.18. The molecule has 1 aliphatic carbocycles. The van der Waals surface area contributed by atoms with Crippen molar-refractivity contribution in [1.82, 2.24) is 9.88 Å². The summed E-state index contributed by atoms with van der Waals surface area (Å²) >= 11 is 1.79. The van der Waals surface area contributed by atoms with Crippen LogP contribution in [0.5, 0.6) is 0 Å². The van der Waals surface area contributed by atoms with E-state index in [0.717, 1.165) is 19.1 Å². The fourth-order valence-electron chi connectivity index (χ4n) is 2.92. The van der Waals surface area contributed by atoms with E-state index in [1.807, 2.05) is 0 Å². The number of hydrogen-bond acceptors (Lipinski definition) is 5. The molecule has 2 N–H and O–H groups in total. The van der Waals surface area contributed by atoms with E-state index in [1.165, 1.54) is 41.6 Å². The molecule has 1 saturated carbocycles. The van der Waals surface area contributed by atoms with Crippen LogP contribution in [0.25, 0.3) is 0 Å². The van der Waals surface area contributed by atoms with Gasteiger partial charge in [-0.2, -0.15) is 0 Å². The van der Waals surface area contributed by atoms with Gasteiger partial charge in [0.15, 0.2) is 5.13 Å². The van der Waals surface area contributed by atoms with Gasteiger partial charge in [-0.3, -0.25) is 4.90 Å². The van der Waals surface area contributed by atoms with Crippen molar-refractivity contribution in [2.24, 2.45) is 5.73 Å². The molecule has 0 bridgehead atoms. The van der Waals surface area contributed by atoms with Crippen molar-refractivity contribution in [2.75, 3.05) is 31.1 Å². The minimum Gasteiger partial charge on any atom is -0.346 e. The molecule has 1 aliphatic heterocycles. The highest BCUT2D eigenvalue weighted by atomic mass is 32.1. The number of nitrogens with zero attached hydrogens (tertiary/aromatic N) is 3. The maximum absolute atomic E-state index is 5.90. The zero-order chi connectivity index (χ0) is 14.3. The zero-order valence-corrected chi connectivity index (χ0v) is 13.7. The molecule has 1 saturated heterocycles. The lowest BCUT2D eigenvalue weighted by molar-refractivity contribution is 0.248. The van der Waals surface area contributed by atoms with E-state index in [0.29, 0.717) is 6.54 Å². The Hall–Kier alpha value is -0.650. The van der Waals surface area contributed by atoms with Gasteiger partial charge >= 0.3 is 0 Å². The fourth-order valence-corrected chi connectivity index (χ4v) is 4.12. The molecule has 3 rings (SSSR count). The molecular weight excluding hydrogens is 268 g/mol. The number of nitrogens with two attached hydrogens (primary N) is 1. The molecule has 0 unspecified atom stereocenters. The molecule has 2 aliphatic rings. The van der Waals surface area contributed by atoms with E-state index in [2.05, 4.69) is 30.6 Å². The van der Waals surface area contributed by atoms with Gasteiger partial charge in [-0.15, -0.1) is 11.3 Å². The second-order valence-corrected chi connectivity index (χ2v) is 8.04. The predicted molar refractivity (Wildman–Crippen MR) is 85.5 cm³/mol. The summed E-state index contributed by atoms with van der Waals surface area (Å²) < 4.78 is 0. The number of anilines is 1. The van der Waals surface area contributed by atoms with Crippen LogP contribution >= 0.6 is 11.3 Å². The SMILES string of the molecule is CC(C)(C)c1nc(N2CCN(C3CC3)CC2)sc1CN. The first-order valence-electron chi connectivity index (χ1n) is 7.68. The van der Waals surface area contributed by atoms with Gasteiger partial charge < -0.3 is 10.6 Å². The molecule has 0 amide bonds. The van der Waals surface area contributed by atoms with Crippen molar-refractivity contribution in [1.29, 1.82) is 0 Å². The lowest BCUT2D eigenvalue weighted by Gasteiger charge is -2.34. The molecule has 5 heteroatoms. The van der Waals surface area contributed by atoms with Crippen molar-refractivity contribution in [3.8, 4) is 0 Å². The highest BCUT2D eigenvalue weighted by Gasteiger charge is 2.32. The number of aromatic nitrogens is 1. The summed E-state index contributed by atoms with van der Waals surface area (Å²) in [5, 5.41) is 1.17. The van der Waals surface area contributed by atoms with Gasteiger partial charge in [0.25, 0.3) is 0 Å². The summed E-state index contributed by atoms with van der Waals surface area (Å²) in [5.41, 5.74) is 7.17. The van der Waals surface area contributed by atoms with Crippen molar-refractivity contribution in [2.45, 2.75) is 51.6 Å². The van der Waals surface area contributed by atoms with Crippen molar-refractivity contribution < 1.29 is 0 Å². The van der Waals surface area contributed by atoms with Gasteiger partial charge in [0.05, 0.1) is 5.69 Å². The molecule has 4 nitrogen and oxygen atoms in total. The minimum atomic E-state index is 0.0826. The Morgan fingerprint density at radius 1 is 1.20 bits per heavy atom. The normalized spacial score (nSPS) is 21.5. The van der Waals surface area contributed by atoms with Crippen LogP contribution in [0.2, 0.25) is 0 Å². The molecule has 2 fully saturated rings. The maximum atomic E-state index is 5.90. The Kier molecular flexibility index (Phi) is 3.77. The number of hydrogen-bond donors (Lipinski definition) is 1.